The van der Waals surface area contributed by atoms with Crippen molar-refractivity contribution < 1.29 is 8.42 Å². The van der Waals surface area contributed by atoms with Crippen LogP contribution in [0.1, 0.15) is 0 Å². The second kappa shape index (κ2) is 3.64. The molecule has 0 radical (unpaired) electrons. The third kappa shape index (κ3) is 1.57. The van der Waals surface area contributed by atoms with Crippen LogP contribution in [0, 0.1) is 0 Å². The maximum atomic E-state index is 12.6. The summed E-state index contributed by atoms with van der Waals surface area (Å²) in [7, 11) is -1.76. The smallest absolute Gasteiger partial charge is 0.210 e. The van der Waals surface area contributed by atoms with Crippen molar-refractivity contribution in [2.24, 2.45) is 0 Å². The van der Waals surface area contributed by atoms with Gasteiger partial charge in [-0.2, -0.15) is 0 Å². The summed E-state index contributed by atoms with van der Waals surface area (Å²) in [5.41, 5.74) is 13.5. The van der Waals surface area contributed by atoms with Crippen LogP contribution in [0.3, 0.4) is 0 Å². The molecule has 6 heteroatoms. The number of hydrogen-bond acceptors (Lipinski definition) is 5. The fourth-order valence-electron chi connectivity index (χ4n) is 2.29. The summed E-state index contributed by atoms with van der Waals surface area (Å²) in [4.78, 5) is 2.26. The molecule has 0 saturated heterocycles. The van der Waals surface area contributed by atoms with Crippen LogP contribution in [-0.4, -0.2) is 15.5 Å². The maximum absolute atomic E-state index is 12.6. The third-order valence-corrected chi connectivity index (χ3v) is 5.08. The number of nitrogens with zero attached hydrogens (tertiary/aromatic N) is 1. The van der Waals surface area contributed by atoms with Crippen LogP contribution in [0.5, 0.6) is 0 Å². The molecule has 0 fully saturated rings. The lowest BCUT2D eigenvalue weighted by atomic mass is 10.2. The molecule has 0 aliphatic carbocycles. The maximum Gasteiger partial charge on any atom is 0.210 e. The molecule has 0 atom stereocenters. The first-order valence-electron chi connectivity index (χ1n) is 5.69. The van der Waals surface area contributed by atoms with E-state index in [0.29, 0.717) is 22.7 Å². The molecule has 5 nitrogen and oxygen atoms in total. The third-order valence-electron chi connectivity index (χ3n) is 3.27. The van der Waals surface area contributed by atoms with Gasteiger partial charge in [-0.25, -0.2) is 8.42 Å². The summed E-state index contributed by atoms with van der Waals surface area (Å²) in [6.45, 7) is 0. The highest BCUT2D eigenvalue weighted by atomic mass is 32.2. The van der Waals surface area contributed by atoms with E-state index >= 15 is 0 Å². The fourth-order valence-corrected chi connectivity index (χ4v) is 4.07. The second-order valence-electron chi connectivity index (χ2n) is 4.52. The first kappa shape index (κ1) is 11.9. The molecule has 1 aliphatic heterocycles. The fraction of sp³-hybridized carbons (Fsp3) is 0.0769. The molecule has 98 valence electrons. The van der Waals surface area contributed by atoms with Crippen molar-refractivity contribution in [3.8, 4) is 0 Å². The van der Waals surface area contributed by atoms with Gasteiger partial charge in [0.15, 0.2) is 0 Å². The molecule has 4 N–H and O–H groups in total. The molecule has 0 bridgehead atoms. The van der Waals surface area contributed by atoms with Crippen LogP contribution in [0.2, 0.25) is 0 Å². The van der Waals surface area contributed by atoms with E-state index in [-0.39, 0.29) is 9.79 Å². The Balaban J connectivity index is 2.40. The largest absolute Gasteiger partial charge is 0.399 e. The van der Waals surface area contributed by atoms with Crippen molar-refractivity contribution in [1.82, 2.24) is 0 Å². The minimum absolute atomic E-state index is 0.216. The normalized spacial score (nSPS) is 15.7. The molecule has 19 heavy (non-hydrogen) atoms. The summed E-state index contributed by atoms with van der Waals surface area (Å²) >= 11 is 0. The number of benzene rings is 2. The van der Waals surface area contributed by atoms with Crippen molar-refractivity contribution in [1.29, 1.82) is 0 Å². The lowest BCUT2D eigenvalue weighted by Crippen LogP contribution is -2.22. The Morgan fingerprint density at radius 3 is 1.74 bits per heavy atom. The van der Waals surface area contributed by atoms with Gasteiger partial charge in [-0.3, -0.25) is 0 Å². The van der Waals surface area contributed by atoms with Gasteiger partial charge in [-0.1, -0.05) is 0 Å². The number of hydrogen-bond donors (Lipinski definition) is 2. The minimum atomic E-state index is -3.58. The van der Waals surface area contributed by atoms with Crippen LogP contribution >= 0.6 is 0 Å². The lowest BCUT2D eigenvalue weighted by molar-refractivity contribution is 0.594. The van der Waals surface area contributed by atoms with Crippen LogP contribution in [0.15, 0.2) is 46.2 Å². The van der Waals surface area contributed by atoms with E-state index in [0.717, 1.165) is 0 Å². The Hall–Kier alpha value is -2.21. The molecule has 3 rings (SSSR count). The van der Waals surface area contributed by atoms with Crippen LogP contribution < -0.4 is 16.4 Å². The Labute approximate surface area is 111 Å². The zero-order chi connectivity index (χ0) is 13.8. The Bertz CT molecular complexity index is 725. The standard InChI is InChI=1S/C13H13N3O2S/c1-16-10-4-2-8(14)6-12(10)19(17,18)13-7-9(15)3-5-11(13)16/h2-7H,14-15H2,1H3. The van der Waals surface area contributed by atoms with E-state index in [4.69, 9.17) is 11.5 Å². The molecule has 0 unspecified atom stereocenters. The van der Waals surface area contributed by atoms with E-state index in [1.54, 1.807) is 24.3 Å². The molecular formula is C13H13N3O2S. The van der Waals surface area contributed by atoms with Gasteiger partial charge in [0.25, 0.3) is 0 Å². The number of sulfone groups is 1. The summed E-state index contributed by atoms with van der Waals surface area (Å²) < 4.78 is 25.2. The van der Waals surface area contributed by atoms with Crippen LogP contribution in [0.4, 0.5) is 22.7 Å². The molecule has 2 aromatic rings. The van der Waals surface area contributed by atoms with Gasteiger partial charge >= 0.3 is 0 Å². The van der Waals surface area contributed by atoms with Gasteiger partial charge in [0.1, 0.15) is 0 Å². The minimum Gasteiger partial charge on any atom is -0.399 e. The van der Waals surface area contributed by atoms with Crippen molar-refractivity contribution in [2.45, 2.75) is 9.79 Å². The summed E-state index contributed by atoms with van der Waals surface area (Å²) in [6, 6.07) is 9.75. The molecule has 1 heterocycles. The number of fused-ring (bicyclic) bond motifs is 2. The quantitative estimate of drug-likeness (QED) is 0.715. The van der Waals surface area contributed by atoms with E-state index < -0.39 is 9.84 Å². The highest BCUT2D eigenvalue weighted by molar-refractivity contribution is 7.92. The average molecular weight is 275 g/mol. The number of rotatable bonds is 0. The average Bonchev–Trinajstić information content (AvgIpc) is 2.36. The first-order chi connectivity index (χ1) is 8.91. The van der Waals surface area contributed by atoms with Crippen LogP contribution in [0.25, 0.3) is 0 Å². The number of nitrogen functional groups attached to an aromatic ring is 2. The monoisotopic (exact) mass is 275 g/mol. The Kier molecular flexibility index (Phi) is 2.27. The van der Waals surface area contributed by atoms with Gasteiger partial charge < -0.3 is 16.4 Å². The van der Waals surface area contributed by atoms with E-state index in [2.05, 4.69) is 0 Å². The van der Waals surface area contributed by atoms with Gasteiger partial charge in [0.2, 0.25) is 9.84 Å². The predicted octanol–water partition coefficient (Wildman–Crippen LogP) is 1.77. The summed E-state index contributed by atoms with van der Waals surface area (Å²) in [5, 5.41) is 0. The Morgan fingerprint density at radius 1 is 0.895 bits per heavy atom. The Morgan fingerprint density at radius 2 is 1.32 bits per heavy atom. The van der Waals surface area contributed by atoms with Gasteiger partial charge in [0, 0.05) is 18.4 Å². The summed E-state index contributed by atoms with van der Waals surface area (Å²) in [5.74, 6) is 0. The number of anilines is 4. The van der Waals surface area contributed by atoms with Crippen molar-refractivity contribution in [2.75, 3.05) is 23.4 Å². The first-order valence-corrected chi connectivity index (χ1v) is 7.17. The van der Waals surface area contributed by atoms with Crippen LogP contribution in [-0.2, 0) is 9.84 Å². The highest BCUT2D eigenvalue weighted by Gasteiger charge is 2.32. The van der Waals surface area contributed by atoms with Crippen molar-refractivity contribution in [3.63, 3.8) is 0 Å². The zero-order valence-corrected chi connectivity index (χ0v) is 11.1. The van der Waals surface area contributed by atoms with Gasteiger partial charge in [-0.05, 0) is 36.4 Å². The van der Waals surface area contributed by atoms with Crippen molar-refractivity contribution in [3.05, 3.63) is 36.4 Å². The molecule has 1 aliphatic rings. The second-order valence-corrected chi connectivity index (χ2v) is 6.40. The van der Waals surface area contributed by atoms with E-state index in [1.165, 1.54) is 12.1 Å². The topological polar surface area (TPSA) is 89.4 Å². The number of nitrogens with two attached hydrogens (primary N) is 2. The van der Waals surface area contributed by atoms with Gasteiger partial charge in [-0.15, -0.1) is 0 Å². The molecule has 0 aromatic heterocycles. The zero-order valence-electron chi connectivity index (χ0n) is 10.3. The van der Waals surface area contributed by atoms with E-state index in [1.807, 2.05) is 11.9 Å². The summed E-state index contributed by atoms with van der Waals surface area (Å²) in [6.07, 6.45) is 0. The predicted molar refractivity (Wildman–Crippen MR) is 75.2 cm³/mol. The SMILES string of the molecule is CN1c2ccc(N)cc2S(=O)(=O)c2cc(N)ccc21. The van der Waals surface area contributed by atoms with Gasteiger partial charge in [0.05, 0.1) is 21.2 Å². The molecule has 0 spiro atoms. The lowest BCUT2D eigenvalue weighted by Gasteiger charge is -2.29. The van der Waals surface area contributed by atoms with E-state index in [9.17, 15) is 8.42 Å². The highest BCUT2D eigenvalue weighted by Crippen LogP contribution is 2.44. The van der Waals surface area contributed by atoms with Crippen molar-refractivity contribution >= 4 is 32.6 Å². The molecule has 0 saturated carbocycles. The molecule has 0 amide bonds. The molecule has 2 aromatic carbocycles. The molecular weight excluding hydrogens is 262 g/mol.